The van der Waals surface area contributed by atoms with Gasteiger partial charge < -0.3 is 34.3 Å². The van der Waals surface area contributed by atoms with Crippen LogP contribution in [-0.4, -0.2) is 124 Å². The maximum Gasteiger partial charge on any atom is 0.421 e. The Labute approximate surface area is 401 Å². The number of aryl methyl sites for hydroxylation is 1. The third kappa shape index (κ3) is 11.3. The second-order valence-electron chi connectivity index (χ2n) is 19.5. The monoisotopic (exact) mass is 951 g/mol. The number of methoxy groups -OCH3 is 1. The lowest BCUT2D eigenvalue weighted by molar-refractivity contribution is -0.155. The van der Waals surface area contributed by atoms with Crippen LogP contribution < -0.4 is 10.7 Å². The predicted octanol–water partition coefficient (Wildman–Crippen LogP) is 5.67. The van der Waals surface area contributed by atoms with Gasteiger partial charge in [-0.2, -0.15) is 8.78 Å². The molecule has 7 rings (SSSR count). The third-order valence-electron chi connectivity index (χ3n) is 13.4. The lowest BCUT2D eigenvalue weighted by Gasteiger charge is -2.37. The average molecular weight is 952 g/mol. The average Bonchev–Trinajstić information content (AvgIpc) is 3.94. The van der Waals surface area contributed by atoms with Gasteiger partial charge in [0.2, 0.25) is 11.8 Å². The van der Waals surface area contributed by atoms with Crippen molar-refractivity contribution in [2.45, 2.75) is 111 Å². The largest absolute Gasteiger partial charge is 0.464 e. The summed E-state index contributed by atoms with van der Waals surface area (Å²) in [7, 11) is 3.15. The van der Waals surface area contributed by atoms with Crippen molar-refractivity contribution in [1.82, 2.24) is 35.1 Å². The number of pyridine rings is 1. The van der Waals surface area contributed by atoms with Crippen molar-refractivity contribution in [1.29, 1.82) is 0 Å². The minimum absolute atomic E-state index is 0.0695. The van der Waals surface area contributed by atoms with Crippen molar-refractivity contribution in [3.05, 3.63) is 77.6 Å². The number of halogens is 2. The van der Waals surface area contributed by atoms with E-state index < -0.39 is 71.1 Å². The number of fused-ring (bicyclic) bond motifs is 6. The van der Waals surface area contributed by atoms with Gasteiger partial charge in [0.05, 0.1) is 30.0 Å². The standard InChI is InChI=1S/C52H63F2N7O8/c1-9-60-42-18-17-35-27-38(42)39(46(60)37-15-11-22-55-44(37)32(4)68-8)28-51(5,6)30-69-50(66)40-16-12-23-61(57-40)49(65)41(26-33-13-10-14-34(35)25-33)56-47(63)45(31(2)3)58(7)48(64)36-20-24-59(29-36)43(62)19-21-52(53,54)67/h10-11,13-15,17-18,22,25,27,31-32,36,40-41,45,57,67H,9,12,16,20,23-24,26,28-30H2,1-8H3,(H,56,63)/t32-,36-,40-,41-,45-/m0/s1. The van der Waals surface area contributed by atoms with Crippen LogP contribution in [0.1, 0.15) is 83.7 Å². The molecule has 0 aliphatic carbocycles. The Bertz CT molecular complexity index is 2670. The minimum atomic E-state index is -4.34. The summed E-state index contributed by atoms with van der Waals surface area (Å²) in [5, 5.41) is 14.1. The first-order chi connectivity index (χ1) is 32.7. The molecule has 368 valence electrons. The van der Waals surface area contributed by atoms with Gasteiger partial charge in [0.25, 0.3) is 11.8 Å². The van der Waals surface area contributed by atoms with Crippen LogP contribution in [0.15, 0.2) is 60.8 Å². The molecule has 3 aliphatic rings. The van der Waals surface area contributed by atoms with Crippen LogP contribution in [0.2, 0.25) is 0 Å². The van der Waals surface area contributed by atoms with E-state index in [1.807, 2.05) is 37.3 Å². The van der Waals surface area contributed by atoms with Crippen molar-refractivity contribution in [2.75, 3.05) is 40.4 Å². The molecule has 5 atom stereocenters. The zero-order valence-corrected chi connectivity index (χ0v) is 40.6. The van der Waals surface area contributed by atoms with Gasteiger partial charge in [0.1, 0.15) is 18.1 Å². The van der Waals surface area contributed by atoms with Gasteiger partial charge in [-0.05, 0) is 92.0 Å². The van der Waals surface area contributed by atoms with Crippen LogP contribution in [0.25, 0.3) is 33.3 Å². The second kappa shape index (κ2) is 20.8. The van der Waals surface area contributed by atoms with E-state index in [1.54, 1.807) is 33.1 Å². The van der Waals surface area contributed by atoms with Crippen LogP contribution in [0.5, 0.6) is 0 Å². The fraction of sp³-hybridized carbons (Fsp3) is 0.500. The molecule has 0 radical (unpaired) electrons. The molecule has 69 heavy (non-hydrogen) atoms. The number of cyclic esters (lactones) is 1. The number of carbonyl (C=O) groups excluding carboxylic acids is 5. The summed E-state index contributed by atoms with van der Waals surface area (Å²) >= 11 is 0. The van der Waals surface area contributed by atoms with Crippen molar-refractivity contribution in [2.24, 2.45) is 17.3 Å². The van der Waals surface area contributed by atoms with Gasteiger partial charge in [-0.1, -0.05) is 58.0 Å². The van der Waals surface area contributed by atoms with Gasteiger partial charge in [-0.3, -0.25) is 34.0 Å². The summed E-state index contributed by atoms with van der Waals surface area (Å²) < 4.78 is 40.0. The molecule has 0 saturated carbocycles. The number of hydrogen-bond donors (Lipinski definition) is 3. The molecule has 2 saturated heterocycles. The summed E-state index contributed by atoms with van der Waals surface area (Å²) in [6.07, 6.45) is -1.10. The third-order valence-corrected chi connectivity index (χ3v) is 13.4. The maximum absolute atomic E-state index is 14.7. The highest BCUT2D eigenvalue weighted by atomic mass is 19.3. The SMILES string of the molecule is CCn1c(-c2cccnc2[C@H](C)OC)c2c3cc(ccc31)-c1cccc(c1)C[C@H](NC(=O)[C@H](C(C)C)N(C)C(=O)[C@H]1CCN(C(=O)C#CC(O)(F)F)C1)C(=O)N1CCC[C@H](N1)C(=O)OCC(C)(C)C2. The van der Waals surface area contributed by atoms with E-state index in [-0.39, 0.29) is 45.2 Å². The first kappa shape index (κ1) is 50.7. The van der Waals surface area contributed by atoms with E-state index in [0.29, 0.717) is 25.8 Å². The highest BCUT2D eigenvalue weighted by Crippen LogP contribution is 2.42. The van der Waals surface area contributed by atoms with E-state index in [4.69, 9.17) is 19.6 Å². The Morgan fingerprint density at radius 2 is 1.83 bits per heavy atom. The molecule has 4 amide bonds. The summed E-state index contributed by atoms with van der Waals surface area (Å²) in [6, 6.07) is 15.2. The lowest BCUT2D eigenvalue weighted by Crippen LogP contribution is -2.62. The summed E-state index contributed by atoms with van der Waals surface area (Å²) in [5.74, 6) is -1.21. The van der Waals surface area contributed by atoms with Gasteiger partial charge in [0, 0.05) is 86.7 Å². The Kier molecular flexibility index (Phi) is 15.3. The number of alkyl halides is 2. The van der Waals surface area contributed by atoms with Crippen molar-refractivity contribution < 1.29 is 47.3 Å². The molecule has 2 fully saturated rings. The molecule has 15 nitrogen and oxygen atoms in total. The summed E-state index contributed by atoms with van der Waals surface area (Å²) in [5.41, 5.74) is 10.1. The fourth-order valence-electron chi connectivity index (χ4n) is 9.95. The molecular formula is C52H63F2N7O8. The summed E-state index contributed by atoms with van der Waals surface area (Å²) in [6.45, 7) is 12.8. The molecule has 2 aromatic carbocycles. The lowest BCUT2D eigenvalue weighted by atomic mass is 9.84. The number of aromatic nitrogens is 2. The second-order valence-corrected chi connectivity index (χ2v) is 19.5. The molecule has 0 spiro atoms. The maximum atomic E-state index is 14.7. The van der Waals surface area contributed by atoms with Gasteiger partial charge >= 0.3 is 12.1 Å². The number of hydrogen-bond acceptors (Lipinski definition) is 10. The number of esters is 1. The minimum Gasteiger partial charge on any atom is -0.464 e. The first-order valence-electron chi connectivity index (χ1n) is 23.7. The molecule has 3 N–H and O–H groups in total. The number of likely N-dealkylation sites (N-methyl/N-ethyl adjacent to an activating group) is 1. The molecule has 3 aliphatic heterocycles. The number of carbonyl (C=O) groups is 5. The molecule has 17 heteroatoms. The molecule has 4 aromatic rings. The van der Waals surface area contributed by atoms with Gasteiger partial charge in [-0.15, -0.1) is 0 Å². The number of aliphatic hydroxyl groups is 1. The molecule has 0 unspecified atom stereocenters. The predicted molar refractivity (Wildman–Crippen MR) is 255 cm³/mol. The first-order valence-corrected chi connectivity index (χ1v) is 23.7. The normalized spacial score (nSPS) is 20.7. The van der Waals surface area contributed by atoms with E-state index in [9.17, 15) is 32.8 Å². The van der Waals surface area contributed by atoms with Gasteiger partial charge in [-0.25, -0.2) is 5.43 Å². The van der Waals surface area contributed by atoms with Crippen molar-refractivity contribution in [3.8, 4) is 34.2 Å². The topological polar surface area (TPSA) is 176 Å². The van der Waals surface area contributed by atoms with E-state index in [2.05, 4.69) is 60.3 Å². The van der Waals surface area contributed by atoms with Crippen LogP contribution >= 0.6 is 0 Å². The number of benzene rings is 2. The van der Waals surface area contributed by atoms with Crippen LogP contribution in [0.3, 0.4) is 0 Å². The number of nitrogens with one attached hydrogen (secondary N) is 2. The summed E-state index contributed by atoms with van der Waals surface area (Å²) in [4.78, 5) is 76.9. The Morgan fingerprint density at radius 3 is 2.54 bits per heavy atom. The Balaban J connectivity index is 1.25. The Hall–Kier alpha value is -6.22. The molecule has 5 heterocycles. The fourth-order valence-corrected chi connectivity index (χ4v) is 9.95. The van der Waals surface area contributed by atoms with E-state index in [0.717, 1.165) is 55.0 Å². The van der Waals surface area contributed by atoms with Crippen LogP contribution in [0, 0.1) is 29.1 Å². The van der Waals surface area contributed by atoms with E-state index in [1.165, 1.54) is 22.9 Å². The highest BCUT2D eigenvalue weighted by Gasteiger charge is 2.40. The number of rotatable bonds is 9. The van der Waals surface area contributed by atoms with Crippen molar-refractivity contribution in [3.63, 3.8) is 0 Å². The highest BCUT2D eigenvalue weighted by molar-refractivity contribution is 5.97. The number of ether oxygens (including phenoxy) is 2. The van der Waals surface area contributed by atoms with Crippen LogP contribution in [-0.2, 0) is 52.8 Å². The number of nitrogens with zero attached hydrogens (tertiary/aromatic N) is 5. The molecule has 6 bridgehead atoms. The zero-order valence-electron chi connectivity index (χ0n) is 40.6. The van der Waals surface area contributed by atoms with E-state index >= 15 is 0 Å². The molecule has 2 aromatic heterocycles. The smallest absolute Gasteiger partial charge is 0.421 e. The zero-order chi connectivity index (χ0) is 49.9. The Morgan fingerprint density at radius 1 is 1.07 bits per heavy atom. The molecular weight excluding hydrogens is 889 g/mol. The number of likely N-dealkylation sites (tertiary alicyclic amines) is 1. The van der Waals surface area contributed by atoms with Crippen LogP contribution in [0.4, 0.5) is 8.78 Å². The van der Waals surface area contributed by atoms with Crippen molar-refractivity contribution >= 4 is 40.5 Å². The number of hydrazine groups is 1. The van der Waals surface area contributed by atoms with Gasteiger partial charge in [0.15, 0.2) is 0 Å². The quantitative estimate of drug-likeness (QED) is 0.140. The number of amides is 4.